The maximum atomic E-state index is 12.8. The minimum Gasteiger partial charge on any atom is -0.337 e. The van der Waals surface area contributed by atoms with Crippen molar-refractivity contribution in [1.82, 2.24) is 15.2 Å². The Morgan fingerprint density at radius 3 is 3.05 bits per heavy atom. The van der Waals surface area contributed by atoms with Crippen molar-refractivity contribution in [3.05, 3.63) is 42.1 Å². The largest absolute Gasteiger partial charge is 0.337 e. The molecule has 3 heterocycles. The van der Waals surface area contributed by atoms with Gasteiger partial charge in [0.15, 0.2) is 0 Å². The van der Waals surface area contributed by atoms with Gasteiger partial charge < -0.3 is 10.2 Å². The van der Waals surface area contributed by atoms with Crippen molar-refractivity contribution >= 4 is 16.8 Å². The molecular weight excluding hydrogens is 262 g/mol. The molecule has 0 spiro atoms. The van der Waals surface area contributed by atoms with Crippen LogP contribution in [0.1, 0.15) is 29.6 Å². The Hall–Kier alpha value is -1.94. The van der Waals surface area contributed by atoms with Crippen molar-refractivity contribution in [2.45, 2.75) is 31.3 Å². The highest BCUT2D eigenvalue weighted by atomic mass is 16.2. The Bertz CT molecular complexity index is 685. The van der Waals surface area contributed by atoms with Crippen LogP contribution in [-0.4, -0.2) is 41.0 Å². The van der Waals surface area contributed by atoms with Crippen molar-refractivity contribution < 1.29 is 4.79 Å². The summed E-state index contributed by atoms with van der Waals surface area (Å²) < 4.78 is 0. The molecule has 2 saturated heterocycles. The Morgan fingerprint density at radius 2 is 2.10 bits per heavy atom. The van der Waals surface area contributed by atoms with Gasteiger partial charge in [-0.15, -0.1) is 0 Å². The van der Waals surface area contributed by atoms with Crippen LogP contribution in [0.25, 0.3) is 10.9 Å². The van der Waals surface area contributed by atoms with Gasteiger partial charge in [-0.05, 0) is 43.5 Å². The first kappa shape index (κ1) is 12.8. The molecule has 4 heteroatoms. The van der Waals surface area contributed by atoms with E-state index in [2.05, 4.69) is 10.3 Å². The van der Waals surface area contributed by atoms with Crippen LogP contribution in [0, 0.1) is 0 Å². The fourth-order valence-electron chi connectivity index (χ4n) is 3.52. The number of nitrogens with zero attached hydrogens (tertiary/aromatic N) is 2. The minimum absolute atomic E-state index is 0.148. The lowest BCUT2D eigenvalue weighted by Crippen LogP contribution is -2.39. The van der Waals surface area contributed by atoms with Gasteiger partial charge in [0.25, 0.3) is 5.91 Å². The number of rotatable bonds is 1. The molecule has 2 fully saturated rings. The number of hydrogen-bond donors (Lipinski definition) is 1. The molecule has 1 N–H and O–H groups in total. The normalized spacial score (nSPS) is 25.0. The summed E-state index contributed by atoms with van der Waals surface area (Å²) in [5.74, 6) is 0.148. The maximum absolute atomic E-state index is 12.8. The zero-order valence-corrected chi connectivity index (χ0v) is 12.0. The van der Waals surface area contributed by atoms with Gasteiger partial charge >= 0.3 is 0 Å². The summed E-state index contributed by atoms with van der Waals surface area (Å²) >= 11 is 0. The molecule has 0 aliphatic carbocycles. The molecule has 1 aromatic heterocycles. The topological polar surface area (TPSA) is 45.2 Å². The number of nitrogens with one attached hydrogen (secondary N) is 1. The summed E-state index contributed by atoms with van der Waals surface area (Å²) in [5.41, 5.74) is 1.71. The lowest BCUT2D eigenvalue weighted by Gasteiger charge is -2.24. The van der Waals surface area contributed by atoms with Crippen LogP contribution in [0.3, 0.4) is 0 Å². The van der Waals surface area contributed by atoms with E-state index in [1.165, 1.54) is 12.8 Å². The molecule has 2 unspecified atom stereocenters. The number of pyridine rings is 1. The molecule has 108 valence electrons. The molecule has 0 saturated carbocycles. The van der Waals surface area contributed by atoms with Gasteiger partial charge in [-0.25, -0.2) is 0 Å². The Kier molecular flexibility index (Phi) is 3.11. The van der Waals surface area contributed by atoms with Crippen molar-refractivity contribution in [2.24, 2.45) is 0 Å². The number of likely N-dealkylation sites (tertiary alicyclic amines) is 1. The molecule has 2 aromatic rings. The molecule has 1 aromatic carbocycles. The number of aromatic nitrogens is 1. The molecule has 2 aliphatic heterocycles. The van der Waals surface area contributed by atoms with E-state index >= 15 is 0 Å². The van der Waals surface area contributed by atoms with E-state index in [4.69, 9.17) is 0 Å². The molecular formula is C17H19N3O. The predicted octanol–water partition coefficient (Wildman–Crippen LogP) is 2.20. The smallest absolute Gasteiger partial charge is 0.253 e. The van der Waals surface area contributed by atoms with E-state index < -0.39 is 0 Å². The molecule has 21 heavy (non-hydrogen) atoms. The second kappa shape index (κ2) is 5.11. The monoisotopic (exact) mass is 281 g/mol. The van der Waals surface area contributed by atoms with Crippen LogP contribution in [0.4, 0.5) is 0 Å². The summed E-state index contributed by atoms with van der Waals surface area (Å²) in [7, 11) is 0. The average Bonchev–Trinajstić information content (AvgIpc) is 2.85. The third-order valence-electron chi connectivity index (χ3n) is 4.66. The molecule has 0 radical (unpaired) electrons. The van der Waals surface area contributed by atoms with Crippen LogP contribution in [0.5, 0.6) is 0 Å². The second-order valence-corrected chi connectivity index (χ2v) is 6.09. The fraction of sp³-hybridized carbons (Fsp3) is 0.412. The molecule has 4 nitrogen and oxygen atoms in total. The lowest BCUT2D eigenvalue weighted by molar-refractivity contribution is 0.0748. The first-order valence-corrected chi connectivity index (χ1v) is 7.70. The summed E-state index contributed by atoms with van der Waals surface area (Å²) in [6.07, 6.45) is 5.29. The zero-order chi connectivity index (χ0) is 14.2. The quantitative estimate of drug-likeness (QED) is 0.871. The van der Waals surface area contributed by atoms with Crippen LogP contribution in [0.15, 0.2) is 36.5 Å². The van der Waals surface area contributed by atoms with Crippen molar-refractivity contribution in [3.8, 4) is 0 Å². The van der Waals surface area contributed by atoms with Crippen LogP contribution in [-0.2, 0) is 0 Å². The number of fused-ring (bicyclic) bond motifs is 3. The maximum Gasteiger partial charge on any atom is 0.253 e. The SMILES string of the molecule is O=C(c1ccc2ncccc2c1)N1CCC2CCC(C1)N2. The molecule has 2 aliphatic rings. The van der Waals surface area contributed by atoms with E-state index in [1.807, 2.05) is 35.2 Å². The van der Waals surface area contributed by atoms with E-state index in [1.54, 1.807) is 6.20 Å². The van der Waals surface area contributed by atoms with Gasteiger partial charge in [0.1, 0.15) is 0 Å². The lowest BCUT2D eigenvalue weighted by atomic mass is 10.1. The minimum atomic E-state index is 0.148. The number of amides is 1. The molecule has 4 rings (SSSR count). The van der Waals surface area contributed by atoms with Crippen LogP contribution < -0.4 is 5.32 Å². The number of hydrogen-bond acceptors (Lipinski definition) is 3. The average molecular weight is 281 g/mol. The van der Waals surface area contributed by atoms with Gasteiger partial charge in [0.2, 0.25) is 0 Å². The predicted molar refractivity (Wildman–Crippen MR) is 82.2 cm³/mol. The van der Waals surface area contributed by atoms with Gasteiger partial charge in [-0.2, -0.15) is 0 Å². The number of benzene rings is 1. The Balaban J connectivity index is 1.60. The number of carbonyl (C=O) groups excluding carboxylic acids is 1. The van der Waals surface area contributed by atoms with E-state index in [-0.39, 0.29) is 5.91 Å². The fourth-order valence-corrected chi connectivity index (χ4v) is 3.52. The van der Waals surface area contributed by atoms with E-state index in [9.17, 15) is 4.79 Å². The summed E-state index contributed by atoms with van der Waals surface area (Å²) in [5, 5.41) is 4.64. The Morgan fingerprint density at radius 1 is 1.19 bits per heavy atom. The highest BCUT2D eigenvalue weighted by Crippen LogP contribution is 2.22. The summed E-state index contributed by atoms with van der Waals surface area (Å²) in [6, 6.07) is 10.8. The van der Waals surface area contributed by atoms with Gasteiger partial charge in [0, 0.05) is 42.3 Å². The van der Waals surface area contributed by atoms with Crippen LogP contribution >= 0.6 is 0 Å². The van der Waals surface area contributed by atoms with Crippen molar-refractivity contribution in [2.75, 3.05) is 13.1 Å². The molecule has 2 atom stereocenters. The summed E-state index contributed by atoms with van der Waals surface area (Å²) in [4.78, 5) is 19.1. The first-order valence-electron chi connectivity index (χ1n) is 7.70. The van der Waals surface area contributed by atoms with Crippen LogP contribution in [0.2, 0.25) is 0 Å². The molecule has 1 amide bonds. The van der Waals surface area contributed by atoms with Gasteiger partial charge in [-0.3, -0.25) is 9.78 Å². The van der Waals surface area contributed by atoms with Gasteiger partial charge in [0.05, 0.1) is 5.52 Å². The highest BCUT2D eigenvalue weighted by molar-refractivity contribution is 5.98. The van der Waals surface area contributed by atoms with Crippen molar-refractivity contribution in [3.63, 3.8) is 0 Å². The standard InChI is InChI=1S/C17H19N3O/c21-17(20-9-7-14-4-5-15(11-20)19-14)13-3-6-16-12(10-13)2-1-8-18-16/h1-3,6,8,10,14-15,19H,4-5,7,9,11H2. The third-order valence-corrected chi connectivity index (χ3v) is 4.66. The number of carbonyl (C=O) groups is 1. The third kappa shape index (κ3) is 2.40. The van der Waals surface area contributed by atoms with Gasteiger partial charge in [-0.1, -0.05) is 6.07 Å². The second-order valence-electron chi connectivity index (χ2n) is 6.09. The van der Waals surface area contributed by atoms with E-state index in [0.717, 1.165) is 36.0 Å². The molecule has 2 bridgehead atoms. The first-order chi connectivity index (χ1) is 10.3. The Labute approximate surface area is 124 Å². The zero-order valence-electron chi connectivity index (χ0n) is 12.0. The van der Waals surface area contributed by atoms with Crippen molar-refractivity contribution in [1.29, 1.82) is 0 Å². The summed E-state index contributed by atoms with van der Waals surface area (Å²) in [6.45, 7) is 1.69. The highest BCUT2D eigenvalue weighted by Gasteiger charge is 2.31. The van der Waals surface area contributed by atoms with E-state index in [0.29, 0.717) is 12.1 Å².